The summed E-state index contributed by atoms with van der Waals surface area (Å²) in [6, 6.07) is 0. The fourth-order valence-electron chi connectivity index (χ4n) is 8.96. The summed E-state index contributed by atoms with van der Waals surface area (Å²) < 4.78 is 36.2. The summed E-state index contributed by atoms with van der Waals surface area (Å²) in [6.45, 7) is 10.8. The van der Waals surface area contributed by atoms with E-state index in [0.717, 1.165) is 52.1 Å². The van der Waals surface area contributed by atoms with Gasteiger partial charge in [0.15, 0.2) is 0 Å². The van der Waals surface area contributed by atoms with Crippen LogP contribution in [0.4, 0.5) is 0 Å². The second kappa shape index (κ2) is 16.9. The Morgan fingerprint density at radius 2 is 1.63 bits per heavy atom. The zero-order valence-electron chi connectivity index (χ0n) is 26.0. The molecule has 0 heterocycles. The van der Waals surface area contributed by atoms with Gasteiger partial charge in [0.25, 0.3) is 10.1 Å². The van der Waals surface area contributed by atoms with Gasteiger partial charge in [-0.15, -0.1) is 0 Å². The van der Waals surface area contributed by atoms with Crippen LogP contribution in [-0.4, -0.2) is 79.9 Å². The lowest BCUT2D eigenvalue weighted by Gasteiger charge is -2.62. The van der Waals surface area contributed by atoms with Gasteiger partial charge in [-0.3, -0.25) is 9.35 Å². The number of thiol groups is 1. The third kappa shape index (κ3) is 8.91. The maximum absolute atomic E-state index is 12.2. The molecule has 8 unspecified atom stereocenters. The molecule has 0 aromatic heterocycles. The maximum atomic E-state index is 12.2. The Hall–Kier alpha value is -0.720. The van der Waals surface area contributed by atoms with Crippen molar-refractivity contribution < 1.29 is 37.5 Å². The standard InChI is InChI=1S/C26H45NO6S2.C2H6.CH4O.CH2O/c1-25-10-8-17(33-3)14-16(25)15-21(28)24-19-5-4-18(26(19,2)11-9-20(24)25)22(34)6-7-23(29)27-12-13-35(30,31)32;3*1-2/h16-22,24,28,34H,4-15H2,1-3H3,(H,27,29)(H,30,31,32);1-2H3;2H,1H3;1H2/t16?,17-,18?,19?,20?,21?,22-,24?,25?,26?;;;/m1.../s1. The van der Waals surface area contributed by atoms with Crippen molar-refractivity contribution in [1.29, 1.82) is 0 Å². The number of hydrogen-bond donors (Lipinski definition) is 5. The highest BCUT2D eigenvalue weighted by molar-refractivity contribution is 7.85. The molecule has 0 bridgehead atoms. The van der Waals surface area contributed by atoms with Crippen molar-refractivity contribution in [3.8, 4) is 0 Å². The van der Waals surface area contributed by atoms with Crippen LogP contribution in [0.5, 0.6) is 0 Å². The van der Waals surface area contributed by atoms with E-state index in [1.165, 1.54) is 6.42 Å². The van der Waals surface area contributed by atoms with Gasteiger partial charge in [-0.05, 0) is 98.2 Å². The van der Waals surface area contributed by atoms with Crippen LogP contribution in [0.15, 0.2) is 0 Å². The van der Waals surface area contributed by atoms with Crippen molar-refractivity contribution in [3.63, 3.8) is 0 Å². The largest absolute Gasteiger partial charge is 0.400 e. The van der Waals surface area contributed by atoms with E-state index in [0.29, 0.717) is 54.0 Å². The maximum Gasteiger partial charge on any atom is 0.266 e. The fraction of sp³-hybridized carbons (Fsp3) is 0.933. The Morgan fingerprint density at radius 1 is 1.05 bits per heavy atom. The number of rotatable bonds is 8. The number of fused-ring (bicyclic) bond motifs is 5. The number of aliphatic hydroxyl groups is 2. The molecule has 9 nitrogen and oxygen atoms in total. The SMILES string of the molecule is C=O.CC.CO.CO[C@@H]1CCC2(C)C(CC(O)C3C2CCC2(C)C3CCC2[C@H](S)CCC(=O)NCCS(=O)(=O)O)C1. The summed E-state index contributed by atoms with van der Waals surface area (Å²) in [4.78, 5) is 20.2. The molecule has 0 aromatic rings. The number of methoxy groups -OCH3 is 1. The molecule has 0 saturated heterocycles. The molecule has 4 N–H and O–H groups in total. The average molecular weight is 624 g/mol. The molecule has 4 rings (SSSR count). The second-order valence-electron chi connectivity index (χ2n) is 12.4. The first-order chi connectivity index (χ1) is 19.4. The van der Waals surface area contributed by atoms with Gasteiger partial charge in [0.2, 0.25) is 5.91 Å². The van der Waals surface area contributed by atoms with Gasteiger partial charge >= 0.3 is 0 Å². The molecule has 11 heteroatoms. The topological polar surface area (TPSA) is 150 Å². The highest BCUT2D eigenvalue weighted by Crippen LogP contribution is 2.68. The molecule has 4 aliphatic carbocycles. The Bertz CT molecular complexity index is 905. The summed E-state index contributed by atoms with van der Waals surface area (Å²) in [6.07, 6.45) is 9.83. The zero-order chi connectivity index (χ0) is 31.6. The van der Waals surface area contributed by atoms with E-state index in [2.05, 4.69) is 19.2 Å². The summed E-state index contributed by atoms with van der Waals surface area (Å²) in [7, 11) is -1.26. The van der Waals surface area contributed by atoms with Crippen LogP contribution >= 0.6 is 12.6 Å². The summed E-state index contributed by atoms with van der Waals surface area (Å²) in [5.74, 6) is 1.69. The third-order valence-corrected chi connectivity index (χ3v) is 12.2. The smallest absolute Gasteiger partial charge is 0.266 e. The van der Waals surface area contributed by atoms with Crippen LogP contribution in [0.1, 0.15) is 91.9 Å². The quantitative estimate of drug-likeness (QED) is 0.200. The summed E-state index contributed by atoms with van der Waals surface area (Å²) in [5.41, 5.74) is 0.418. The highest BCUT2D eigenvalue weighted by Gasteiger charge is 2.63. The molecule has 242 valence electrons. The molecule has 10 atom stereocenters. The third-order valence-electron chi connectivity index (χ3n) is 10.9. The van der Waals surface area contributed by atoms with Crippen LogP contribution in [0.25, 0.3) is 0 Å². The first-order valence-electron chi connectivity index (χ1n) is 15.2. The Balaban J connectivity index is 0.00000131. The second-order valence-corrected chi connectivity index (χ2v) is 14.6. The summed E-state index contributed by atoms with van der Waals surface area (Å²) in [5, 5.41) is 21.1. The first kappa shape index (κ1) is 38.3. The molecule has 4 fully saturated rings. The molecule has 4 aliphatic rings. The van der Waals surface area contributed by atoms with Gasteiger partial charge in [0.1, 0.15) is 6.79 Å². The van der Waals surface area contributed by atoms with E-state index in [1.54, 1.807) is 0 Å². The van der Waals surface area contributed by atoms with Crippen molar-refractivity contribution in [3.05, 3.63) is 0 Å². The van der Waals surface area contributed by atoms with Gasteiger partial charge < -0.3 is 25.1 Å². The molecule has 0 aromatic carbocycles. The lowest BCUT2D eigenvalue weighted by molar-refractivity contribution is -0.174. The summed E-state index contributed by atoms with van der Waals surface area (Å²) >= 11 is 4.97. The normalized spacial score (nSPS) is 38.0. The van der Waals surface area contributed by atoms with Crippen LogP contribution in [-0.2, 0) is 24.4 Å². The molecule has 0 radical (unpaired) electrons. The van der Waals surface area contributed by atoms with Crippen LogP contribution in [0.2, 0.25) is 0 Å². The Labute approximate surface area is 254 Å². The molecule has 0 aliphatic heterocycles. The van der Waals surface area contributed by atoms with Crippen LogP contribution in [0, 0.1) is 40.4 Å². The number of carbonyl (C=O) groups excluding carboxylic acids is 2. The van der Waals surface area contributed by atoms with Crippen LogP contribution in [0.3, 0.4) is 0 Å². The monoisotopic (exact) mass is 623 g/mol. The number of nitrogens with one attached hydrogen (secondary N) is 1. The minimum atomic E-state index is -4.07. The molecular weight excluding hydrogens is 566 g/mol. The predicted molar refractivity (Wildman–Crippen MR) is 165 cm³/mol. The van der Waals surface area contributed by atoms with E-state index < -0.39 is 15.9 Å². The lowest BCUT2D eigenvalue weighted by Crippen LogP contribution is -2.58. The van der Waals surface area contributed by atoms with E-state index >= 15 is 0 Å². The van der Waals surface area contributed by atoms with Crippen molar-refractivity contribution in [1.82, 2.24) is 5.32 Å². The Kier molecular flexibility index (Phi) is 15.8. The number of carbonyl (C=O) groups is 2. The van der Waals surface area contributed by atoms with E-state index in [-0.39, 0.29) is 29.2 Å². The number of hydrogen-bond acceptors (Lipinski definition) is 8. The number of amides is 1. The number of ether oxygens (including phenoxy) is 1. The van der Waals surface area contributed by atoms with Crippen molar-refractivity contribution in [2.75, 3.05) is 26.5 Å². The van der Waals surface area contributed by atoms with E-state index in [1.807, 2.05) is 27.7 Å². The van der Waals surface area contributed by atoms with Crippen LogP contribution < -0.4 is 5.32 Å². The minimum Gasteiger partial charge on any atom is -0.400 e. The molecule has 0 spiro atoms. The highest BCUT2D eigenvalue weighted by atomic mass is 32.2. The molecule has 4 saturated carbocycles. The molecular formula is C30H57NO8S2. The zero-order valence-corrected chi connectivity index (χ0v) is 27.8. The van der Waals surface area contributed by atoms with Gasteiger partial charge in [0.05, 0.1) is 18.0 Å². The van der Waals surface area contributed by atoms with Crippen molar-refractivity contribution in [2.45, 2.75) is 109 Å². The van der Waals surface area contributed by atoms with Gasteiger partial charge in [-0.25, -0.2) is 0 Å². The minimum absolute atomic E-state index is 0.0794. The van der Waals surface area contributed by atoms with Gasteiger partial charge in [0, 0.05) is 32.4 Å². The molecule has 1 amide bonds. The number of aliphatic hydroxyl groups excluding tert-OH is 2. The van der Waals surface area contributed by atoms with Gasteiger partial charge in [-0.2, -0.15) is 21.0 Å². The van der Waals surface area contributed by atoms with Crippen molar-refractivity contribution in [2.24, 2.45) is 40.4 Å². The molecule has 41 heavy (non-hydrogen) atoms. The predicted octanol–water partition coefficient (Wildman–Crippen LogP) is 4.16. The van der Waals surface area contributed by atoms with E-state index in [4.69, 9.17) is 31.8 Å². The first-order valence-corrected chi connectivity index (χ1v) is 17.4. The van der Waals surface area contributed by atoms with Crippen molar-refractivity contribution >= 4 is 35.4 Å². The lowest BCUT2D eigenvalue weighted by atomic mass is 9.44. The Morgan fingerprint density at radius 3 is 2.22 bits per heavy atom. The van der Waals surface area contributed by atoms with E-state index in [9.17, 15) is 18.3 Å². The average Bonchev–Trinajstić information content (AvgIpc) is 3.31. The van der Waals surface area contributed by atoms with Gasteiger partial charge in [-0.1, -0.05) is 27.7 Å². The fourth-order valence-corrected chi connectivity index (χ4v) is 9.94.